The molecule has 2 aliphatic heterocycles. The van der Waals surface area contributed by atoms with Crippen molar-refractivity contribution in [3.63, 3.8) is 0 Å². The number of rotatable bonds is 8. The van der Waals surface area contributed by atoms with Crippen molar-refractivity contribution in [3.8, 4) is 22.5 Å². The van der Waals surface area contributed by atoms with E-state index in [9.17, 15) is 0 Å². The normalized spacial score (nSPS) is 14.3. The molecule has 437 valence electrons. The number of aromatic nitrogens is 4. The van der Waals surface area contributed by atoms with E-state index in [4.69, 9.17) is 20.4 Å². The summed E-state index contributed by atoms with van der Waals surface area (Å²) in [5.41, 5.74) is 9.53. The molecular formula is C65H82Ir2N8O4S2-. The predicted molar refractivity (Wildman–Crippen MR) is 330 cm³/mol. The largest absolute Gasteiger partial charge is 3.00 e. The van der Waals surface area contributed by atoms with Crippen molar-refractivity contribution >= 4 is 54.6 Å². The van der Waals surface area contributed by atoms with Crippen molar-refractivity contribution < 1.29 is 60.6 Å². The minimum atomic E-state index is 0. The van der Waals surface area contributed by atoms with Crippen LogP contribution in [0.3, 0.4) is 0 Å². The van der Waals surface area contributed by atoms with Crippen molar-refractivity contribution in [1.82, 2.24) is 28.5 Å². The average Bonchev–Trinajstić information content (AvgIpc) is 4.44. The number of hydrogen-bond acceptors (Lipinski definition) is 14. The van der Waals surface area contributed by atoms with Gasteiger partial charge in [-0.15, -0.1) is 83.5 Å². The summed E-state index contributed by atoms with van der Waals surface area (Å²) in [5, 5.41) is 30.8. The van der Waals surface area contributed by atoms with Gasteiger partial charge in [0.25, 0.3) is 0 Å². The quantitative estimate of drug-likeness (QED) is 0.107. The van der Waals surface area contributed by atoms with Gasteiger partial charge in [0.1, 0.15) is 0 Å². The molecule has 4 aliphatic rings. The third-order valence-corrected chi connectivity index (χ3v) is 15.2. The van der Waals surface area contributed by atoms with Crippen LogP contribution in [0.1, 0.15) is 122 Å². The summed E-state index contributed by atoms with van der Waals surface area (Å²) in [6, 6.07) is 46.3. The van der Waals surface area contributed by atoms with E-state index >= 15 is 0 Å². The van der Waals surface area contributed by atoms with Gasteiger partial charge in [0.15, 0.2) is 0 Å². The Morgan fingerprint density at radius 1 is 0.593 bits per heavy atom. The molecular weight excluding hydrogens is 1410 g/mol. The van der Waals surface area contributed by atoms with Gasteiger partial charge in [-0.2, -0.15) is 30.4 Å². The molecule has 2 aliphatic carbocycles. The van der Waals surface area contributed by atoms with Crippen molar-refractivity contribution in [2.75, 3.05) is 44.4 Å². The van der Waals surface area contributed by atoms with Gasteiger partial charge in [0.05, 0.1) is 6.67 Å². The SMILES string of the molecule is CC(C)N1C=CN(c2[c-]ccc(C3CCCCC3)c2)[CH-]1.CC(C)N1C=CN(c2cccc(C3CCCCC3)c2)C1.CCO.CO.CO.CO.[Ir+3].[Ir].[c-]1ccccc1-c1nsc2ccncc12.[c-]1ccccc1-c1nsc2ccncc12. The molecule has 0 spiro atoms. The van der Waals surface area contributed by atoms with Crippen molar-refractivity contribution in [1.29, 1.82) is 0 Å². The van der Waals surface area contributed by atoms with Crippen LogP contribution in [0.2, 0.25) is 0 Å². The molecule has 12 rings (SSSR count). The van der Waals surface area contributed by atoms with Crippen LogP contribution < -0.4 is 9.80 Å². The number of nitrogens with zero attached hydrogens (tertiary/aromatic N) is 8. The fourth-order valence-corrected chi connectivity index (χ4v) is 11.0. The summed E-state index contributed by atoms with van der Waals surface area (Å²) in [6.07, 6.45) is 29.8. The number of anilines is 2. The molecule has 12 nitrogen and oxygen atoms in total. The molecule has 8 aromatic rings. The minimum Gasteiger partial charge on any atom is -0.506 e. The fourth-order valence-electron chi connectivity index (χ4n) is 9.50. The molecule has 2 saturated carbocycles. The Bertz CT molecular complexity index is 2770. The maximum Gasteiger partial charge on any atom is 3.00 e. The molecule has 1 radical (unpaired) electrons. The minimum absolute atomic E-state index is 0. The van der Waals surface area contributed by atoms with Crippen LogP contribution in [0.15, 0.2) is 153 Å². The molecule has 0 atom stereocenters. The van der Waals surface area contributed by atoms with Gasteiger partial charge in [-0.3, -0.25) is 9.97 Å². The van der Waals surface area contributed by atoms with E-state index in [0.717, 1.165) is 88.2 Å². The topological polar surface area (TPSA) is 145 Å². The molecule has 4 aromatic heterocycles. The first-order valence-corrected chi connectivity index (χ1v) is 29.0. The van der Waals surface area contributed by atoms with Crippen molar-refractivity contribution in [2.24, 2.45) is 0 Å². The van der Waals surface area contributed by atoms with Gasteiger partial charge < -0.3 is 40.0 Å². The van der Waals surface area contributed by atoms with E-state index in [1.54, 1.807) is 24.9 Å². The summed E-state index contributed by atoms with van der Waals surface area (Å²) in [5.74, 6) is 1.54. The van der Waals surface area contributed by atoms with Gasteiger partial charge in [0.2, 0.25) is 0 Å². The summed E-state index contributed by atoms with van der Waals surface area (Å²) in [4.78, 5) is 17.4. The van der Waals surface area contributed by atoms with E-state index in [-0.39, 0.29) is 46.8 Å². The molecule has 2 fully saturated rings. The number of hydrogen-bond donors (Lipinski definition) is 4. The number of pyridine rings is 2. The van der Waals surface area contributed by atoms with Crippen LogP contribution >= 0.6 is 23.1 Å². The van der Waals surface area contributed by atoms with Gasteiger partial charge in [-0.25, -0.2) is 8.75 Å². The zero-order valence-corrected chi connectivity index (χ0v) is 54.6. The number of aliphatic hydroxyl groups excluding tert-OH is 4. The Morgan fingerprint density at radius 2 is 1.11 bits per heavy atom. The monoisotopic (exact) mass is 1490 g/mol. The maximum atomic E-state index is 7.57. The van der Waals surface area contributed by atoms with Gasteiger partial charge >= 0.3 is 20.1 Å². The second-order valence-corrected chi connectivity index (χ2v) is 20.9. The standard InChI is InChI=1S/C18H26N2.C18H24N2.2C12H7N2S.C2H6O.3CH4O.2Ir/c2*1-15(2)19-11-12-20(14-19)18-10-6-9-17(13-18)16-7-4-3-5-8-16;2*1-2-4-9(5-3-1)12-10-8-13-7-6-11(10)15-14-12;1-2-3;3*1-2;;/h6,9-13,15-16H,3-5,7-8,14H2,1-2H3;6,9,11-16H,3-5,7-8H2,1-2H3;2*1-4,6-8H;3H,2H2,1H3;3*2H,1H3;;/q;-2;2*-1;;;;;;+3. The second-order valence-electron chi connectivity index (χ2n) is 19.3. The van der Waals surface area contributed by atoms with E-state index in [1.165, 1.54) is 98.5 Å². The summed E-state index contributed by atoms with van der Waals surface area (Å²) in [7, 11) is 3.00. The Labute approximate surface area is 518 Å². The van der Waals surface area contributed by atoms with E-state index in [2.05, 4.69) is 158 Å². The van der Waals surface area contributed by atoms with E-state index < -0.39 is 0 Å². The summed E-state index contributed by atoms with van der Waals surface area (Å²) in [6.45, 7) is 13.9. The van der Waals surface area contributed by atoms with Gasteiger partial charge in [-0.05, 0) is 154 Å². The van der Waals surface area contributed by atoms with Crippen LogP contribution in [0.25, 0.3) is 42.7 Å². The molecule has 0 bridgehead atoms. The first-order chi connectivity index (χ1) is 38.8. The van der Waals surface area contributed by atoms with E-state index in [1.807, 2.05) is 73.1 Å². The fraction of sp³-hybridized carbons (Fsp3) is 0.369. The Morgan fingerprint density at radius 3 is 1.57 bits per heavy atom. The first-order valence-electron chi connectivity index (χ1n) is 27.5. The zero-order valence-electron chi connectivity index (χ0n) is 48.2. The Balaban J connectivity index is 0.000000270. The smallest absolute Gasteiger partial charge is 0.506 e. The Kier molecular flexibility index (Phi) is 34.0. The number of fused-ring (bicyclic) bond motifs is 2. The van der Waals surface area contributed by atoms with Gasteiger partial charge in [0, 0.05) is 118 Å². The molecule has 0 amide bonds. The summed E-state index contributed by atoms with van der Waals surface area (Å²) >= 11 is 3.00. The van der Waals surface area contributed by atoms with Crippen LogP contribution in [0.5, 0.6) is 0 Å². The van der Waals surface area contributed by atoms with Gasteiger partial charge in [-0.1, -0.05) is 50.7 Å². The molecule has 0 unspecified atom stereocenters. The number of benzene rings is 4. The predicted octanol–water partition coefficient (Wildman–Crippen LogP) is 14.5. The molecule has 6 heterocycles. The Hall–Kier alpha value is -5.22. The van der Waals surface area contributed by atoms with Crippen molar-refractivity contribution in [2.45, 2.75) is 123 Å². The second kappa shape index (κ2) is 39.3. The number of aliphatic hydroxyl groups is 4. The summed E-state index contributed by atoms with van der Waals surface area (Å²) < 4.78 is 11.2. The van der Waals surface area contributed by atoms with Crippen LogP contribution in [-0.4, -0.2) is 95.6 Å². The molecule has 4 N–H and O–H groups in total. The molecule has 4 aromatic carbocycles. The molecule has 0 saturated heterocycles. The van der Waals surface area contributed by atoms with Crippen LogP contribution in [0, 0.1) is 24.9 Å². The third kappa shape index (κ3) is 21.2. The zero-order chi connectivity index (χ0) is 56.8. The maximum absolute atomic E-state index is 7.57. The van der Waals surface area contributed by atoms with Crippen LogP contribution in [-0.2, 0) is 40.2 Å². The van der Waals surface area contributed by atoms with Crippen molar-refractivity contribution in [3.05, 3.63) is 189 Å². The third-order valence-electron chi connectivity index (χ3n) is 13.6. The van der Waals surface area contributed by atoms with E-state index in [0.29, 0.717) is 12.1 Å². The molecule has 16 heteroatoms. The first kappa shape index (κ1) is 70.0. The van der Waals surface area contributed by atoms with Crippen LogP contribution in [0.4, 0.5) is 11.4 Å². The average molecular weight is 1490 g/mol. The molecule has 81 heavy (non-hydrogen) atoms.